The van der Waals surface area contributed by atoms with E-state index in [1.165, 1.54) is 36.9 Å². The molecule has 0 aliphatic rings. The minimum absolute atomic E-state index is 0.0441. The van der Waals surface area contributed by atoms with Gasteiger partial charge in [-0.3, -0.25) is 9.97 Å². The second kappa shape index (κ2) is 15.4. The van der Waals surface area contributed by atoms with Crippen LogP contribution in [0.4, 0.5) is 20.4 Å². The lowest BCUT2D eigenvalue weighted by molar-refractivity contribution is 0.628. The topological polar surface area (TPSA) is 159 Å². The molecule has 8 aromatic rings. The van der Waals surface area contributed by atoms with Gasteiger partial charge in [0.1, 0.15) is 35.3 Å². The van der Waals surface area contributed by atoms with E-state index in [9.17, 15) is 8.78 Å². The summed E-state index contributed by atoms with van der Waals surface area (Å²) >= 11 is 0. The number of pyridine rings is 2. The summed E-state index contributed by atoms with van der Waals surface area (Å²) < 4.78 is 27.3. The first-order valence-electron chi connectivity index (χ1n) is 18.1. The van der Waals surface area contributed by atoms with Crippen molar-refractivity contribution in [1.82, 2.24) is 49.8 Å². The Morgan fingerprint density at radius 3 is 1.41 bits per heavy atom. The first-order chi connectivity index (χ1) is 26.1. The monoisotopic (exact) mass is 728 g/mol. The Hall–Kier alpha value is -6.18. The van der Waals surface area contributed by atoms with Crippen molar-refractivity contribution in [3.05, 3.63) is 108 Å². The van der Waals surface area contributed by atoms with Crippen LogP contribution in [0.2, 0.25) is 0 Å². The molecule has 8 rings (SSSR count). The van der Waals surface area contributed by atoms with E-state index >= 15 is 0 Å². The third-order valence-corrected chi connectivity index (χ3v) is 9.92. The molecule has 0 saturated heterocycles. The van der Waals surface area contributed by atoms with Crippen LogP contribution in [0.3, 0.4) is 0 Å². The van der Waals surface area contributed by atoms with Gasteiger partial charge in [0.05, 0.1) is 35.8 Å². The van der Waals surface area contributed by atoms with Crippen molar-refractivity contribution in [2.45, 2.75) is 78.3 Å². The number of nitrogens with one attached hydrogen (secondary N) is 4. The summed E-state index contributed by atoms with van der Waals surface area (Å²) in [5.74, 6) is 1.36. The molecule has 6 heterocycles. The van der Waals surface area contributed by atoms with Gasteiger partial charge in [-0.1, -0.05) is 27.7 Å². The summed E-state index contributed by atoms with van der Waals surface area (Å²) in [6.45, 7) is 12.7. The summed E-state index contributed by atoms with van der Waals surface area (Å²) in [5, 5.41) is 8.73. The Kier molecular flexibility index (Phi) is 10.3. The molecule has 12 nitrogen and oxygen atoms in total. The van der Waals surface area contributed by atoms with Gasteiger partial charge in [-0.05, 0) is 86.1 Å². The van der Waals surface area contributed by atoms with Gasteiger partial charge >= 0.3 is 0 Å². The van der Waals surface area contributed by atoms with Gasteiger partial charge < -0.3 is 20.6 Å². The van der Waals surface area contributed by atoms with Gasteiger partial charge in [0.15, 0.2) is 22.9 Å². The lowest BCUT2D eigenvalue weighted by Crippen LogP contribution is -2.13. The van der Waals surface area contributed by atoms with Crippen LogP contribution in [0.1, 0.15) is 101 Å². The van der Waals surface area contributed by atoms with Crippen LogP contribution in [-0.4, -0.2) is 49.8 Å². The Morgan fingerprint density at radius 1 is 0.574 bits per heavy atom. The van der Waals surface area contributed by atoms with E-state index in [-0.39, 0.29) is 35.6 Å². The molecular weight excluding hydrogens is 687 g/mol. The summed E-state index contributed by atoms with van der Waals surface area (Å²) in [7, 11) is 0. The Bertz CT molecular complexity index is 2390. The number of halogens is 2. The molecular formula is C40H42F2N12. The maximum Gasteiger partial charge on any atom is 0.182 e. The highest BCUT2D eigenvalue weighted by molar-refractivity contribution is 5.84. The van der Waals surface area contributed by atoms with Crippen molar-refractivity contribution in [3.8, 4) is 0 Å². The average molecular weight is 729 g/mol. The molecule has 0 fully saturated rings. The molecule has 4 N–H and O–H groups in total. The molecule has 4 atom stereocenters. The maximum atomic E-state index is 13.6. The Balaban J connectivity index is 0.000000167. The third kappa shape index (κ3) is 7.36. The van der Waals surface area contributed by atoms with Gasteiger partial charge in [-0.25, -0.2) is 38.7 Å². The summed E-state index contributed by atoms with van der Waals surface area (Å²) in [4.78, 5) is 41.1. The number of rotatable bonds is 10. The second-order valence-corrected chi connectivity index (χ2v) is 13.6. The number of imidazole rings is 2. The van der Waals surface area contributed by atoms with Crippen LogP contribution >= 0.6 is 0 Å². The van der Waals surface area contributed by atoms with Crippen LogP contribution in [0.5, 0.6) is 0 Å². The van der Waals surface area contributed by atoms with E-state index < -0.39 is 0 Å². The molecule has 0 aliphatic heterocycles. The number of H-pyrrole nitrogens is 2. The minimum Gasteiger partial charge on any atom is -0.362 e. The number of hydrogen-bond donors (Lipinski definition) is 4. The molecule has 0 radical (unpaired) electrons. The van der Waals surface area contributed by atoms with Crippen molar-refractivity contribution in [3.63, 3.8) is 0 Å². The van der Waals surface area contributed by atoms with Crippen LogP contribution < -0.4 is 10.6 Å². The molecule has 0 spiro atoms. The van der Waals surface area contributed by atoms with E-state index in [2.05, 4.69) is 104 Å². The number of aromatic amines is 2. The molecule has 2 aromatic carbocycles. The quantitative estimate of drug-likeness (QED) is 0.107. The molecule has 6 aromatic heterocycles. The standard InChI is InChI=1S/2C20H21FN6/c2*1-4-11(2)17-15(7-13-5-6-14(21)8-16(13)27-17)12(3)26-20-18-19(23-9-22-18)24-10-25-20/h2*5-12H,4H2,1-3H3,(H2,22,23,24,25,26)/t11-,12+;11-,12-/m10/s1. The molecule has 0 bridgehead atoms. The fourth-order valence-electron chi connectivity index (χ4n) is 6.53. The van der Waals surface area contributed by atoms with E-state index in [4.69, 9.17) is 9.97 Å². The number of nitrogens with zero attached hydrogens (tertiary/aromatic N) is 8. The fraction of sp³-hybridized carbons (Fsp3) is 0.300. The smallest absolute Gasteiger partial charge is 0.182 e. The second-order valence-electron chi connectivity index (χ2n) is 13.6. The molecule has 0 amide bonds. The highest BCUT2D eigenvalue weighted by atomic mass is 19.1. The summed E-state index contributed by atoms with van der Waals surface area (Å²) in [6, 6.07) is 13.5. The largest absolute Gasteiger partial charge is 0.362 e. The van der Waals surface area contributed by atoms with Crippen LogP contribution in [-0.2, 0) is 0 Å². The van der Waals surface area contributed by atoms with Crippen molar-refractivity contribution in [2.75, 3.05) is 10.6 Å². The zero-order valence-electron chi connectivity index (χ0n) is 31.0. The highest BCUT2D eigenvalue weighted by Crippen LogP contribution is 2.33. The summed E-state index contributed by atoms with van der Waals surface area (Å²) in [6.07, 6.45) is 8.10. The lowest BCUT2D eigenvalue weighted by atomic mass is 9.94. The molecule has 0 unspecified atom stereocenters. The van der Waals surface area contributed by atoms with Crippen molar-refractivity contribution >= 4 is 55.8 Å². The molecule has 54 heavy (non-hydrogen) atoms. The number of fused-ring (bicyclic) bond motifs is 4. The van der Waals surface area contributed by atoms with Gasteiger partial charge in [0, 0.05) is 34.3 Å². The van der Waals surface area contributed by atoms with Crippen LogP contribution in [0, 0.1) is 11.6 Å². The fourth-order valence-corrected chi connectivity index (χ4v) is 6.53. The predicted octanol–water partition coefficient (Wildman–Crippen LogP) is 9.45. The first kappa shape index (κ1) is 36.2. The SMILES string of the molecule is CC[C@@H](C)c1nc2cc(F)ccc2cc1[C@H](C)Nc1ncnc2nc[nH]c12.CC[C@H](C)c1nc2cc(F)ccc2cc1[C@H](C)Nc1ncnc2nc[nH]c12. The highest BCUT2D eigenvalue weighted by Gasteiger charge is 2.21. The lowest BCUT2D eigenvalue weighted by Gasteiger charge is -2.21. The zero-order valence-corrected chi connectivity index (χ0v) is 31.0. The van der Waals surface area contributed by atoms with Gasteiger partial charge in [-0.2, -0.15) is 0 Å². The van der Waals surface area contributed by atoms with Gasteiger partial charge in [0.2, 0.25) is 0 Å². The van der Waals surface area contributed by atoms with Crippen molar-refractivity contribution in [1.29, 1.82) is 0 Å². The summed E-state index contributed by atoms with van der Waals surface area (Å²) in [5.41, 5.74) is 8.25. The molecule has 0 aliphatic carbocycles. The van der Waals surface area contributed by atoms with E-state index in [1.54, 1.807) is 24.8 Å². The van der Waals surface area contributed by atoms with Crippen LogP contribution in [0.25, 0.3) is 44.1 Å². The molecule has 14 heteroatoms. The molecule has 0 saturated carbocycles. The number of benzene rings is 2. The zero-order chi connectivity index (χ0) is 37.9. The normalized spacial score (nSPS) is 13.8. The van der Waals surface area contributed by atoms with E-state index in [1.807, 2.05) is 0 Å². The number of aromatic nitrogens is 10. The van der Waals surface area contributed by atoms with Gasteiger partial charge in [0.25, 0.3) is 0 Å². The third-order valence-electron chi connectivity index (χ3n) is 9.92. The van der Waals surface area contributed by atoms with Crippen LogP contribution in [0.15, 0.2) is 73.8 Å². The average Bonchev–Trinajstić information content (AvgIpc) is 3.88. The van der Waals surface area contributed by atoms with Crippen molar-refractivity contribution in [2.24, 2.45) is 0 Å². The molecule has 276 valence electrons. The Morgan fingerprint density at radius 2 is 1.00 bits per heavy atom. The Labute approximate surface area is 310 Å². The van der Waals surface area contributed by atoms with E-state index in [0.717, 1.165) is 57.2 Å². The maximum absolute atomic E-state index is 13.6. The first-order valence-corrected chi connectivity index (χ1v) is 18.1. The van der Waals surface area contributed by atoms with E-state index in [0.29, 0.717) is 34.0 Å². The number of hydrogen-bond acceptors (Lipinski definition) is 10. The van der Waals surface area contributed by atoms with Gasteiger partial charge in [-0.15, -0.1) is 0 Å². The predicted molar refractivity (Wildman–Crippen MR) is 208 cm³/mol. The minimum atomic E-state index is -0.272. The van der Waals surface area contributed by atoms with Crippen molar-refractivity contribution < 1.29 is 8.78 Å². The number of anilines is 2.